The van der Waals surface area contributed by atoms with Gasteiger partial charge in [-0.15, -0.1) is 10.2 Å². The van der Waals surface area contributed by atoms with Crippen molar-refractivity contribution in [3.63, 3.8) is 0 Å². The predicted molar refractivity (Wildman–Crippen MR) is 92.7 cm³/mol. The van der Waals surface area contributed by atoms with Gasteiger partial charge in [-0.05, 0) is 25.1 Å². The second kappa shape index (κ2) is 7.01. The van der Waals surface area contributed by atoms with Gasteiger partial charge >= 0.3 is 5.91 Å². The average Bonchev–Trinajstić information content (AvgIpc) is 2.94. The van der Waals surface area contributed by atoms with Crippen molar-refractivity contribution in [1.82, 2.24) is 4.98 Å². The molecule has 3 rings (SSSR count). The van der Waals surface area contributed by atoms with Crippen LogP contribution in [0, 0.1) is 10.1 Å². The van der Waals surface area contributed by atoms with Crippen molar-refractivity contribution in [3.8, 4) is 11.6 Å². The van der Waals surface area contributed by atoms with Gasteiger partial charge in [-0.25, -0.2) is 0 Å². The minimum Gasteiger partial charge on any atom is -0.493 e. The molecular formula is C17H14N4O5. The molecule has 26 heavy (non-hydrogen) atoms. The van der Waals surface area contributed by atoms with Gasteiger partial charge in [-0.2, -0.15) is 0 Å². The van der Waals surface area contributed by atoms with E-state index in [1.54, 1.807) is 24.3 Å². The van der Waals surface area contributed by atoms with Gasteiger partial charge in [0.05, 0.1) is 10.4 Å². The normalized spacial score (nSPS) is 12.3. The van der Waals surface area contributed by atoms with Crippen molar-refractivity contribution < 1.29 is 19.6 Å². The Morgan fingerprint density at radius 3 is 2.69 bits per heavy atom. The summed E-state index contributed by atoms with van der Waals surface area (Å²) in [6.07, 6.45) is -0.886. The number of fused-ring (bicyclic) bond motifs is 1. The highest BCUT2D eigenvalue weighted by molar-refractivity contribution is 5.95. The second-order valence-electron chi connectivity index (χ2n) is 5.42. The van der Waals surface area contributed by atoms with E-state index in [9.17, 15) is 20.0 Å². The molecule has 0 aliphatic carbocycles. The minimum atomic E-state index is -0.886. The number of aromatic nitrogens is 1. The van der Waals surface area contributed by atoms with Crippen LogP contribution in [0.5, 0.6) is 11.6 Å². The molecule has 0 saturated carbocycles. The first-order valence-corrected chi connectivity index (χ1v) is 7.62. The van der Waals surface area contributed by atoms with Crippen LogP contribution in [0.15, 0.2) is 58.8 Å². The maximum Gasteiger partial charge on any atom is 0.304 e. The fourth-order valence-corrected chi connectivity index (χ4v) is 2.30. The molecule has 132 valence electrons. The number of H-pyrrole nitrogens is 1. The summed E-state index contributed by atoms with van der Waals surface area (Å²) in [5, 5.41) is 28.4. The zero-order chi connectivity index (χ0) is 18.7. The van der Waals surface area contributed by atoms with Crippen molar-refractivity contribution in [1.29, 1.82) is 0 Å². The lowest BCUT2D eigenvalue weighted by molar-refractivity contribution is -0.384. The number of nitrogens with one attached hydrogen (secondary N) is 1. The minimum absolute atomic E-state index is 0.0519. The molecule has 3 aromatic rings. The summed E-state index contributed by atoms with van der Waals surface area (Å²) in [5.74, 6) is -0.490. The van der Waals surface area contributed by atoms with E-state index in [0.717, 1.165) is 0 Å². The van der Waals surface area contributed by atoms with E-state index in [1.165, 1.54) is 25.1 Å². The first-order valence-electron chi connectivity index (χ1n) is 7.62. The van der Waals surface area contributed by atoms with Gasteiger partial charge in [-0.3, -0.25) is 14.9 Å². The van der Waals surface area contributed by atoms with Crippen LogP contribution in [0.1, 0.15) is 6.92 Å². The van der Waals surface area contributed by atoms with E-state index in [1.807, 2.05) is 6.07 Å². The number of aromatic amines is 1. The summed E-state index contributed by atoms with van der Waals surface area (Å²) in [7, 11) is 0. The lowest BCUT2D eigenvalue weighted by Gasteiger charge is -2.10. The summed E-state index contributed by atoms with van der Waals surface area (Å²) in [6.45, 7) is 1.52. The van der Waals surface area contributed by atoms with E-state index in [4.69, 9.17) is 4.74 Å². The highest BCUT2D eigenvalue weighted by Crippen LogP contribution is 2.37. The number of aromatic hydroxyl groups is 1. The van der Waals surface area contributed by atoms with Gasteiger partial charge in [-0.1, -0.05) is 18.2 Å². The Hall–Kier alpha value is -3.75. The number of para-hydroxylation sites is 1. The molecule has 0 aliphatic heterocycles. The van der Waals surface area contributed by atoms with Crippen LogP contribution in [0.3, 0.4) is 0 Å². The highest BCUT2D eigenvalue weighted by atomic mass is 16.6. The zero-order valence-electron chi connectivity index (χ0n) is 13.6. The largest absolute Gasteiger partial charge is 0.493 e. The molecule has 0 fully saturated rings. The topological polar surface area (TPSA) is 130 Å². The summed E-state index contributed by atoms with van der Waals surface area (Å²) in [4.78, 5) is 25.0. The van der Waals surface area contributed by atoms with Gasteiger partial charge in [0.1, 0.15) is 5.75 Å². The van der Waals surface area contributed by atoms with Gasteiger partial charge in [0.25, 0.3) is 5.69 Å². The first-order chi connectivity index (χ1) is 12.5. The van der Waals surface area contributed by atoms with E-state index < -0.39 is 16.9 Å². The van der Waals surface area contributed by atoms with Crippen LogP contribution in [-0.4, -0.2) is 27.0 Å². The number of hydrogen-bond acceptors (Lipinski definition) is 6. The zero-order valence-corrected chi connectivity index (χ0v) is 13.6. The number of benzene rings is 2. The van der Waals surface area contributed by atoms with Gasteiger partial charge < -0.3 is 14.8 Å². The standard InChI is InChI=1S/C17H14N4O5/c1-10(26-12-5-3-2-4-6-12)16(22)20-19-15-13-9-11(21(24)25)7-8-14(13)18-17(15)23/h2-10,18,23H,1H3/t10-/m0/s1. The molecule has 2 N–H and O–H groups in total. The lowest BCUT2D eigenvalue weighted by atomic mass is 10.2. The number of non-ortho nitro benzene ring substituents is 1. The van der Waals surface area contributed by atoms with Crippen molar-refractivity contribution in [2.24, 2.45) is 10.2 Å². The van der Waals surface area contributed by atoms with E-state index in [2.05, 4.69) is 15.2 Å². The van der Waals surface area contributed by atoms with E-state index >= 15 is 0 Å². The third kappa shape index (κ3) is 3.51. The molecule has 0 unspecified atom stereocenters. The van der Waals surface area contributed by atoms with E-state index in [-0.39, 0.29) is 22.6 Å². The van der Waals surface area contributed by atoms with Gasteiger partial charge in [0.2, 0.25) is 5.88 Å². The molecule has 1 heterocycles. The smallest absolute Gasteiger partial charge is 0.304 e. The van der Waals surface area contributed by atoms with Crippen LogP contribution < -0.4 is 4.74 Å². The molecule has 0 aliphatic rings. The monoisotopic (exact) mass is 354 g/mol. The summed E-state index contributed by atoms with van der Waals surface area (Å²) >= 11 is 0. The van der Waals surface area contributed by atoms with Gasteiger partial charge in [0.15, 0.2) is 11.8 Å². The van der Waals surface area contributed by atoms with Crippen LogP contribution >= 0.6 is 0 Å². The van der Waals surface area contributed by atoms with Crippen LogP contribution in [-0.2, 0) is 4.79 Å². The van der Waals surface area contributed by atoms with E-state index in [0.29, 0.717) is 11.3 Å². The fourth-order valence-electron chi connectivity index (χ4n) is 2.30. The Balaban J connectivity index is 1.83. The molecule has 0 bridgehead atoms. The Labute approximate surface area is 147 Å². The maximum absolute atomic E-state index is 12.1. The number of azo groups is 1. The quantitative estimate of drug-likeness (QED) is 0.408. The third-order valence-electron chi connectivity index (χ3n) is 3.60. The number of nitro benzene ring substituents is 1. The number of carbonyl (C=O) groups excluding carboxylic acids is 1. The van der Waals surface area contributed by atoms with Crippen molar-refractivity contribution in [2.75, 3.05) is 0 Å². The maximum atomic E-state index is 12.1. The molecule has 9 heteroatoms. The highest BCUT2D eigenvalue weighted by Gasteiger charge is 2.17. The Morgan fingerprint density at radius 2 is 2.00 bits per heavy atom. The molecule has 1 atom stereocenters. The number of rotatable bonds is 5. The predicted octanol–water partition coefficient (Wildman–Crippen LogP) is 3.86. The second-order valence-corrected chi connectivity index (χ2v) is 5.42. The lowest BCUT2D eigenvalue weighted by Crippen LogP contribution is -2.21. The summed E-state index contributed by atoms with van der Waals surface area (Å²) in [5.41, 5.74) is 0.215. The molecule has 0 spiro atoms. The van der Waals surface area contributed by atoms with Crippen LogP contribution in [0.4, 0.5) is 11.4 Å². The van der Waals surface area contributed by atoms with Crippen molar-refractivity contribution >= 4 is 28.2 Å². The SMILES string of the molecule is C[C@H](Oc1ccccc1)C(=O)N=Nc1c(O)[nH]c2ccc([N+](=O)[O-])cc12. The van der Waals surface area contributed by atoms with Crippen LogP contribution in [0.25, 0.3) is 10.9 Å². The Kier molecular flexibility index (Phi) is 4.61. The molecule has 1 aromatic heterocycles. The number of carbonyl (C=O) groups is 1. The number of hydrogen-bond donors (Lipinski definition) is 2. The Bertz CT molecular complexity index is 997. The van der Waals surface area contributed by atoms with Crippen molar-refractivity contribution in [3.05, 3.63) is 58.6 Å². The molecule has 0 saturated heterocycles. The van der Waals surface area contributed by atoms with Crippen molar-refractivity contribution in [2.45, 2.75) is 13.0 Å². The average molecular weight is 354 g/mol. The summed E-state index contributed by atoms with van der Waals surface area (Å²) < 4.78 is 5.45. The first kappa shape index (κ1) is 17.1. The number of nitrogens with zero attached hydrogens (tertiary/aromatic N) is 3. The number of nitro groups is 1. The summed E-state index contributed by atoms with van der Waals surface area (Å²) in [6, 6.07) is 12.7. The molecule has 1 amide bonds. The van der Waals surface area contributed by atoms with Crippen LogP contribution in [0.2, 0.25) is 0 Å². The third-order valence-corrected chi connectivity index (χ3v) is 3.60. The van der Waals surface area contributed by atoms with Gasteiger partial charge in [0, 0.05) is 17.5 Å². The molecule has 0 radical (unpaired) electrons. The number of amides is 1. The molecule has 9 nitrogen and oxygen atoms in total. The fraction of sp³-hybridized carbons (Fsp3) is 0.118. The molecular weight excluding hydrogens is 340 g/mol. The number of ether oxygens (including phenoxy) is 1. The molecule has 2 aromatic carbocycles. The Morgan fingerprint density at radius 1 is 1.27 bits per heavy atom.